The highest BCUT2D eigenvalue weighted by molar-refractivity contribution is 5.94. The van der Waals surface area contributed by atoms with Crippen molar-refractivity contribution in [3.63, 3.8) is 0 Å². The molecule has 82 valence electrons. The lowest BCUT2D eigenvalue weighted by Crippen LogP contribution is -2.25. The zero-order valence-corrected chi connectivity index (χ0v) is 9.21. The molecular formula is C12H17NO2. The topological polar surface area (TPSA) is 49.3 Å². The lowest BCUT2D eigenvalue weighted by atomic mass is 10.1. The van der Waals surface area contributed by atoms with E-state index in [-0.39, 0.29) is 12.5 Å². The Morgan fingerprint density at radius 2 is 2.07 bits per heavy atom. The normalized spacial score (nSPS) is 10.1. The summed E-state index contributed by atoms with van der Waals surface area (Å²) in [5.41, 5.74) is 2.97. The summed E-state index contributed by atoms with van der Waals surface area (Å²) in [5, 5.41) is 11.3. The van der Waals surface area contributed by atoms with Gasteiger partial charge in [-0.15, -0.1) is 0 Å². The van der Waals surface area contributed by atoms with Gasteiger partial charge in [-0.3, -0.25) is 4.79 Å². The van der Waals surface area contributed by atoms with E-state index in [1.807, 2.05) is 32.0 Å². The molecule has 0 spiro atoms. The second-order valence-electron chi connectivity index (χ2n) is 3.63. The number of aliphatic hydroxyl groups excluding tert-OH is 1. The number of aliphatic hydroxyl groups is 1. The maximum Gasteiger partial charge on any atom is 0.251 e. The highest BCUT2D eigenvalue weighted by Crippen LogP contribution is 2.09. The third-order valence-electron chi connectivity index (χ3n) is 2.39. The molecule has 2 N–H and O–H groups in total. The first-order chi connectivity index (χ1) is 7.15. The van der Waals surface area contributed by atoms with Crippen LogP contribution in [0.5, 0.6) is 0 Å². The Bertz CT molecular complexity index is 347. The molecule has 0 heterocycles. The first-order valence-electron chi connectivity index (χ1n) is 5.11. The van der Waals surface area contributed by atoms with Crippen LogP contribution in [-0.4, -0.2) is 24.2 Å². The van der Waals surface area contributed by atoms with Crippen LogP contribution in [0.15, 0.2) is 18.2 Å². The van der Waals surface area contributed by atoms with Crippen LogP contribution < -0.4 is 5.32 Å². The summed E-state index contributed by atoms with van der Waals surface area (Å²) < 4.78 is 0. The first kappa shape index (κ1) is 11.7. The van der Waals surface area contributed by atoms with Gasteiger partial charge in [0.2, 0.25) is 0 Å². The van der Waals surface area contributed by atoms with E-state index in [4.69, 9.17) is 5.11 Å². The summed E-state index contributed by atoms with van der Waals surface area (Å²) in [6, 6.07) is 5.64. The number of aryl methyl sites for hydroxylation is 2. The number of hydrogen-bond donors (Lipinski definition) is 2. The molecule has 1 aromatic carbocycles. The van der Waals surface area contributed by atoms with Crippen molar-refractivity contribution < 1.29 is 9.90 Å². The van der Waals surface area contributed by atoms with Crippen molar-refractivity contribution in [3.05, 3.63) is 34.9 Å². The maximum atomic E-state index is 11.6. The third-order valence-corrected chi connectivity index (χ3v) is 2.39. The molecule has 0 aliphatic heterocycles. The Morgan fingerprint density at radius 3 is 2.67 bits per heavy atom. The van der Waals surface area contributed by atoms with Gasteiger partial charge in [-0.2, -0.15) is 0 Å². The minimum Gasteiger partial charge on any atom is -0.396 e. The molecule has 0 fully saturated rings. The standard InChI is InChI=1S/C12H17NO2/c1-9-4-5-11(8-10(9)2)12(15)13-6-3-7-14/h4-5,8,14H,3,6-7H2,1-2H3,(H,13,15). The number of carbonyl (C=O) groups excluding carboxylic acids is 1. The van der Waals surface area contributed by atoms with E-state index < -0.39 is 0 Å². The Hall–Kier alpha value is -1.35. The monoisotopic (exact) mass is 207 g/mol. The number of hydrogen-bond acceptors (Lipinski definition) is 2. The smallest absolute Gasteiger partial charge is 0.251 e. The largest absolute Gasteiger partial charge is 0.396 e. The fourth-order valence-electron chi connectivity index (χ4n) is 1.27. The second-order valence-corrected chi connectivity index (χ2v) is 3.63. The zero-order chi connectivity index (χ0) is 11.3. The van der Waals surface area contributed by atoms with Crippen molar-refractivity contribution in [1.82, 2.24) is 5.32 Å². The molecule has 0 saturated carbocycles. The van der Waals surface area contributed by atoms with Crippen LogP contribution in [0.25, 0.3) is 0 Å². The number of nitrogens with one attached hydrogen (secondary N) is 1. The molecule has 1 rings (SSSR count). The number of rotatable bonds is 4. The SMILES string of the molecule is Cc1ccc(C(=O)NCCCO)cc1C. The van der Waals surface area contributed by atoms with Crippen molar-refractivity contribution in [2.24, 2.45) is 0 Å². The molecule has 0 aromatic heterocycles. The van der Waals surface area contributed by atoms with Crippen molar-refractivity contribution in [1.29, 1.82) is 0 Å². The molecule has 1 aromatic rings. The summed E-state index contributed by atoms with van der Waals surface area (Å²) in [6.45, 7) is 4.62. The van der Waals surface area contributed by atoms with Crippen molar-refractivity contribution in [3.8, 4) is 0 Å². The Kier molecular flexibility index (Phi) is 4.31. The molecule has 0 radical (unpaired) electrons. The van der Waals surface area contributed by atoms with Gasteiger partial charge in [-0.05, 0) is 43.5 Å². The molecule has 0 aliphatic rings. The molecule has 0 saturated heterocycles. The molecule has 3 heteroatoms. The Balaban J connectivity index is 2.62. The quantitative estimate of drug-likeness (QED) is 0.733. The average Bonchev–Trinajstić information content (AvgIpc) is 2.22. The van der Waals surface area contributed by atoms with Crippen LogP contribution in [0.2, 0.25) is 0 Å². The van der Waals surface area contributed by atoms with Gasteiger partial charge in [-0.1, -0.05) is 6.07 Å². The number of carbonyl (C=O) groups is 1. The molecule has 0 bridgehead atoms. The lowest BCUT2D eigenvalue weighted by molar-refractivity contribution is 0.0951. The summed E-state index contributed by atoms with van der Waals surface area (Å²) in [6.07, 6.45) is 0.594. The minimum absolute atomic E-state index is 0.0773. The van der Waals surface area contributed by atoms with Crippen LogP contribution in [0.3, 0.4) is 0 Å². The molecule has 3 nitrogen and oxygen atoms in total. The molecule has 1 amide bonds. The van der Waals surface area contributed by atoms with E-state index in [1.54, 1.807) is 0 Å². The van der Waals surface area contributed by atoms with Crippen molar-refractivity contribution in [2.45, 2.75) is 20.3 Å². The average molecular weight is 207 g/mol. The van der Waals surface area contributed by atoms with Crippen LogP contribution in [0, 0.1) is 13.8 Å². The van der Waals surface area contributed by atoms with Crippen LogP contribution >= 0.6 is 0 Å². The van der Waals surface area contributed by atoms with E-state index in [9.17, 15) is 4.79 Å². The van der Waals surface area contributed by atoms with E-state index in [0.717, 1.165) is 5.56 Å². The number of benzene rings is 1. The summed E-state index contributed by atoms with van der Waals surface area (Å²) in [7, 11) is 0. The minimum atomic E-state index is -0.0773. The highest BCUT2D eigenvalue weighted by Gasteiger charge is 2.05. The van der Waals surface area contributed by atoms with Gasteiger partial charge in [0.15, 0.2) is 0 Å². The van der Waals surface area contributed by atoms with Crippen LogP contribution in [0.4, 0.5) is 0 Å². The van der Waals surface area contributed by atoms with Gasteiger partial charge >= 0.3 is 0 Å². The Labute approximate surface area is 90.1 Å². The van der Waals surface area contributed by atoms with Crippen molar-refractivity contribution >= 4 is 5.91 Å². The first-order valence-corrected chi connectivity index (χ1v) is 5.11. The summed E-state index contributed by atoms with van der Waals surface area (Å²) in [5.74, 6) is -0.0773. The third kappa shape index (κ3) is 3.36. The van der Waals surface area contributed by atoms with Gasteiger partial charge in [0, 0.05) is 18.7 Å². The summed E-state index contributed by atoms with van der Waals surface area (Å²) in [4.78, 5) is 11.6. The van der Waals surface area contributed by atoms with Gasteiger partial charge in [0.05, 0.1) is 0 Å². The predicted molar refractivity (Wildman–Crippen MR) is 60.0 cm³/mol. The second kappa shape index (κ2) is 5.51. The molecule has 0 atom stereocenters. The molecular weight excluding hydrogens is 190 g/mol. The van der Waals surface area contributed by atoms with Gasteiger partial charge in [-0.25, -0.2) is 0 Å². The van der Waals surface area contributed by atoms with E-state index in [1.165, 1.54) is 5.56 Å². The Morgan fingerprint density at radius 1 is 1.33 bits per heavy atom. The fraction of sp³-hybridized carbons (Fsp3) is 0.417. The molecule has 0 unspecified atom stereocenters. The van der Waals surface area contributed by atoms with Gasteiger partial charge < -0.3 is 10.4 Å². The number of amides is 1. The highest BCUT2D eigenvalue weighted by atomic mass is 16.3. The zero-order valence-electron chi connectivity index (χ0n) is 9.21. The molecule has 0 aliphatic carbocycles. The van der Waals surface area contributed by atoms with Gasteiger partial charge in [0.1, 0.15) is 0 Å². The fourth-order valence-corrected chi connectivity index (χ4v) is 1.27. The van der Waals surface area contributed by atoms with Crippen molar-refractivity contribution in [2.75, 3.05) is 13.2 Å². The van der Waals surface area contributed by atoms with Crippen LogP contribution in [-0.2, 0) is 0 Å². The predicted octanol–water partition coefficient (Wildman–Crippen LogP) is 1.42. The van der Waals surface area contributed by atoms with Crippen LogP contribution in [0.1, 0.15) is 27.9 Å². The lowest BCUT2D eigenvalue weighted by Gasteiger charge is -2.06. The van der Waals surface area contributed by atoms with E-state index in [0.29, 0.717) is 18.5 Å². The van der Waals surface area contributed by atoms with E-state index >= 15 is 0 Å². The molecule has 15 heavy (non-hydrogen) atoms. The summed E-state index contributed by atoms with van der Waals surface area (Å²) >= 11 is 0. The van der Waals surface area contributed by atoms with E-state index in [2.05, 4.69) is 5.32 Å². The maximum absolute atomic E-state index is 11.6. The van der Waals surface area contributed by atoms with Gasteiger partial charge in [0.25, 0.3) is 5.91 Å².